The highest BCUT2D eigenvalue weighted by Crippen LogP contribution is 2.17. The molecule has 2 unspecified atom stereocenters. The van der Waals surface area contributed by atoms with Gasteiger partial charge in [-0.15, -0.1) is 0 Å². The van der Waals surface area contributed by atoms with Crippen LogP contribution in [0.15, 0.2) is 18.2 Å². The third-order valence-corrected chi connectivity index (χ3v) is 3.98. The van der Waals surface area contributed by atoms with Gasteiger partial charge in [-0.2, -0.15) is 0 Å². The molecular weight excluding hydrogens is 313 g/mol. The summed E-state index contributed by atoms with van der Waals surface area (Å²) in [6, 6.07) is 4.09. The van der Waals surface area contributed by atoms with Crippen LogP contribution in [0.2, 0.25) is 0 Å². The molecule has 127 valence electrons. The molecule has 0 bridgehead atoms. The molecule has 2 atom stereocenters. The molecule has 24 heavy (non-hydrogen) atoms. The molecule has 1 saturated heterocycles. The minimum atomic E-state index is -1.37. The molecular formula is C16H19BNO6. The number of carboxylic acid groups (broad SMARTS) is 2. The van der Waals surface area contributed by atoms with Crippen molar-refractivity contribution in [3.63, 3.8) is 0 Å². The van der Waals surface area contributed by atoms with Crippen molar-refractivity contribution >= 4 is 25.3 Å². The number of nitrogens with one attached hydrogen (secondary N) is 1. The van der Waals surface area contributed by atoms with Crippen molar-refractivity contribution in [1.29, 1.82) is 0 Å². The molecule has 2 rings (SSSR count). The number of hydrogen-bond donors (Lipinski definition) is 3. The van der Waals surface area contributed by atoms with Crippen molar-refractivity contribution in [3.8, 4) is 0 Å². The molecule has 0 aliphatic carbocycles. The van der Waals surface area contributed by atoms with Gasteiger partial charge in [-0.05, 0) is 30.9 Å². The van der Waals surface area contributed by atoms with Crippen LogP contribution >= 0.6 is 0 Å². The Balaban J connectivity index is 2.05. The van der Waals surface area contributed by atoms with E-state index in [2.05, 4.69) is 5.32 Å². The van der Waals surface area contributed by atoms with Gasteiger partial charge in [-0.3, -0.25) is 4.79 Å². The van der Waals surface area contributed by atoms with Gasteiger partial charge in [0.1, 0.15) is 0 Å². The minimum absolute atomic E-state index is 0.170. The van der Waals surface area contributed by atoms with Gasteiger partial charge >= 0.3 is 19.4 Å². The molecule has 0 aromatic heterocycles. The number of carboxylic acids is 2. The van der Waals surface area contributed by atoms with E-state index in [9.17, 15) is 19.5 Å². The van der Waals surface area contributed by atoms with Gasteiger partial charge in [-0.1, -0.05) is 19.1 Å². The molecule has 1 aromatic carbocycles. The molecule has 1 radical (unpaired) electrons. The standard InChI is InChI=1S/C16H19BNO6/c1-2-10-6-7-12(17-24-10)18-13(19)8-9-4-3-5-11(15(20)21)14(9)16(22)23/h3-5,10,12H,2,6-8H2,1H3,(H,18,19)(H,20,21)(H,22,23). The molecule has 8 heteroatoms. The zero-order valence-electron chi connectivity index (χ0n) is 13.3. The number of benzene rings is 1. The topological polar surface area (TPSA) is 113 Å². The first-order valence-electron chi connectivity index (χ1n) is 7.79. The van der Waals surface area contributed by atoms with Crippen molar-refractivity contribution < 1.29 is 29.3 Å². The van der Waals surface area contributed by atoms with Crippen LogP contribution < -0.4 is 5.32 Å². The van der Waals surface area contributed by atoms with E-state index in [1.54, 1.807) is 7.48 Å². The molecule has 1 fully saturated rings. The molecule has 0 spiro atoms. The van der Waals surface area contributed by atoms with Crippen LogP contribution in [0, 0.1) is 0 Å². The fraction of sp³-hybridized carbons (Fsp3) is 0.438. The summed E-state index contributed by atoms with van der Waals surface area (Å²) in [6.45, 7) is 2.03. The second-order valence-electron chi connectivity index (χ2n) is 5.68. The summed E-state index contributed by atoms with van der Waals surface area (Å²) in [5, 5.41) is 21.1. The largest absolute Gasteiger partial charge is 0.478 e. The lowest BCUT2D eigenvalue weighted by atomic mass is 9.79. The van der Waals surface area contributed by atoms with Gasteiger partial charge < -0.3 is 20.2 Å². The third kappa shape index (κ3) is 4.35. The lowest BCUT2D eigenvalue weighted by molar-refractivity contribution is -0.120. The van der Waals surface area contributed by atoms with Gasteiger partial charge in [-0.25, -0.2) is 9.59 Å². The SMILES string of the molecule is CCC1CCC(NC(=O)Cc2cccc(C(=O)O)c2C(=O)O)[B]O1. The summed E-state index contributed by atoms with van der Waals surface area (Å²) < 4.78 is 5.49. The molecule has 1 amide bonds. The first kappa shape index (κ1) is 18.0. The third-order valence-electron chi connectivity index (χ3n) is 3.98. The average molecular weight is 332 g/mol. The predicted octanol–water partition coefficient (Wildman–Crippen LogP) is 1.28. The van der Waals surface area contributed by atoms with Crippen molar-refractivity contribution in [2.24, 2.45) is 0 Å². The van der Waals surface area contributed by atoms with Crippen molar-refractivity contribution in [2.75, 3.05) is 0 Å². The van der Waals surface area contributed by atoms with Crippen LogP contribution in [0.5, 0.6) is 0 Å². The highest BCUT2D eigenvalue weighted by atomic mass is 16.4. The number of amides is 1. The van der Waals surface area contributed by atoms with E-state index in [4.69, 9.17) is 9.76 Å². The summed E-state index contributed by atoms with van der Waals surface area (Å²) in [4.78, 5) is 34.7. The van der Waals surface area contributed by atoms with E-state index in [-0.39, 0.29) is 41.1 Å². The maximum atomic E-state index is 12.2. The molecule has 1 heterocycles. The van der Waals surface area contributed by atoms with E-state index < -0.39 is 11.9 Å². The second-order valence-corrected chi connectivity index (χ2v) is 5.68. The maximum Gasteiger partial charge on any atom is 0.336 e. The van der Waals surface area contributed by atoms with Crippen LogP contribution in [0.1, 0.15) is 52.5 Å². The van der Waals surface area contributed by atoms with Gasteiger partial charge in [0.25, 0.3) is 0 Å². The molecule has 7 nitrogen and oxygen atoms in total. The molecule has 1 aromatic rings. The zero-order chi connectivity index (χ0) is 17.7. The lowest BCUT2D eigenvalue weighted by Gasteiger charge is -2.28. The van der Waals surface area contributed by atoms with E-state index >= 15 is 0 Å². The zero-order valence-corrected chi connectivity index (χ0v) is 13.3. The van der Waals surface area contributed by atoms with Crippen LogP contribution in [-0.2, 0) is 15.9 Å². The Hall–Kier alpha value is -2.35. The number of rotatable bonds is 6. The Morgan fingerprint density at radius 2 is 2.00 bits per heavy atom. The molecule has 1 aliphatic rings. The summed E-state index contributed by atoms with van der Waals surface area (Å²) in [5.74, 6) is -3.31. The van der Waals surface area contributed by atoms with Crippen LogP contribution in [-0.4, -0.2) is 47.6 Å². The molecule has 3 N–H and O–H groups in total. The van der Waals surface area contributed by atoms with Crippen LogP contribution in [0.4, 0.5) is 0 Å². The second kappa shape index (κ2) is 7.96. The van der Waals surface area contributed by atoms with E-state index in [0.717, 1.165) is 19.3 Å². The smallest absolute Gasteiger partial charge is 0.336 e. The fourth-order valence-corrected chi connectivity index (χ4v) is 2.72. The predicted molar refractivity (Wildman–Crippen MR) is 86.1 cm³/mol. The average Bonchev–Trinajstić information content (AvgIpc) is 2.54. The van der Waals surface area contributed by atoms with Gasteiger partial charge in [0.2, 0.25) is 5.91 Å². The van der Waals surface area contributed by atoms with Gasteiger partial charge in [0, 0.05) is 12.0 Å². The van der Waals surface area contributed by atoms with Crippen LogP contribution in [0.25, 0.3) is 0 Å². The fourth-order valence-electron chi connectivity index (χ4n) is 2.72. The summed E-state index contributed by atoms with van der Waals surface area (Å²) >= 11 is 0. The highest BCUT2D eigenvalue weighted by Gasteiger charge is 2.25. The first-order valence-corrected chi connectivity index (χ1v) is 7.79. The Kier molecular flexibility index (Phi) is 5.97. The Morgan fingerprint density at radius 1 is 1.25 bits per heavy atom. The number of carbonyl (C=O) groups is 3. The Morgan fingerprint density at radius 3 is 2.54 bits per heavy atom. The van der Waals surface area contributed by atoms with Gasteiger partial charge in [0.05, 0.1) is 17.5 Å². The summed E-state index contributed by atoms with van der Waals surface area (Å²) in [6.07, 6.45) is 2.47. The van der Waals surface area contributed by atoms with E-state index in [0.29, 0.717) is 0 Å². The van der Waals surface area contributed by atoms with Crippen molar-refractivity contribution in [2.45, 2.75) is 44.7 Å². The minimum Gasteiger partial charge on any atom is -0.478 e. The number of carbonyl (C=O) groups excluding carboxylic acids is 1. The monoisotopic (exact) mass is 332 g/mol. The first-order chi connectivity index (χ1) is 11.4. The van der Waals surface area contributed by atoms with Crippen molar-refractivity contribution in [3.05, 3.63) is 34.9 Å². The normalized spacial score (nSPS) is 20.0. The summed E-state index contributed by atoms with van der Waals surface area (Å²) in [7, 11) is 1.60. The number of hydrogen-bond acceptors (Lipinski definition) is 4. The highest BCUT2D eigenvalue weighted by molar-refractivity contribution is 6.30. The molecule has 0 saturated carbocycles. The maximum absolute atomic E-state index is 12.2. The Bertz CT molecular complexity index is 639. The quantitative estimate of drug-likeness (QED) is 0.676. The van der Waals surface area contributed by atoms with E-state index in [1.165, 1.54) is 18.2 Å². The Labute approximate surface area is 140 Å². The van der Waals surface area contributed by atoms with Gasteiger partial charge in [0.15, 0.2) is 0 Å². The van der Waals surface area contributed by atoms with Crippen molar-refractivity contribution in [1.82, 2.24) is 5.32 Å². The lowest BCUT2D eigenvalue weighted by Crippen LogP contribution is -2.45. The number of aromatic carboxylic acids is 2. The molecule has 1 aliphatic heterocycles. The summed E-state index contributed by atoms with van der Waals surface area (Å²) in [5.41, 5.74) is -0.510. The van der Waals surface area contributed by atoms with E-state index in [1.807, 2.05) is 6.92 Å². The van der Waals surface area contributed by atoms with Crippen LogP contribution in [0.3, 0.4) is 0 Å².